The summed E-state index contributed by atoms with van der Waals surface area (Å²) in [6.45, 7) is 4.22. The Morgan fingerprint density at radius 2 is 0.562 bits per heavy atom. The van der Waals surface area contributed by atoms with Crippen molar-refractivity contribution in [2.24, 2.45) is 0 Å². The number of unbranched alkanes of at least 4 members (excludes halogenated alkanes) is 50. The van der Waals surface area contributed by atoms with Crippen molar-refractivity contribution in [1.82, 2.24) is 5.32 Å². The lowest BCUT2D eigenvalue weighted by molar-refractivity contribution is -0.131. The summed E-state index contributed by atoms with van der Waals surface area (Å²) >= 11 is 0. The molecule has 5 heteroatoms. The summed E-state index contributed by atoms with van der Waals surface area (Å²) in [6, 6.07) is -0.815. The minimum atomic E-state index is -1.11. The largest absolute Gasteiger partial charge is 0.394 e. The van der Waals surface area contributed by atoms with Crippen molar-refractivity contribution in [2.45, 2.75) is 385 Å². The average molecular weight is 1030 g/mol. The summed E-state index contributed by atoms with van der Waals surface area (Å²) < 4.78 is 0. The van der Waals surface area contributed by atoms with E-state index in [1.807, 2.05) is 6.08 Å². The quantitative estimate of drug-likeness (QED) is 0.0361. The molecule has 0 spiro atoms. The number of amides is 1. The summed E-state index contributed by atoms with van der Waals surface area (Å²) in [7, 11) is 0. The van der Waals surface area contributed by atoms with E-state index in [4.69, 9.17) is 0 Å². The molecule has 0 radical (unpaired) electrons. The van der Waals surface area contributed by atoms with Crippen LogP contribution in [0.4, 0.5) is 0 Å². The number of aliphatic hydroxyl groups is 3. The zero-order valence-corrected chi connectivity index (χ0v) is 49.5. The SMILES string of the molecule is CCCCCCCCCCCCCCCCC/C=C/CC/C=C/C(O)C(CO)NC(=O)C(O)CCCCCCCCCCCCCCCCCC/C=C\CCCCCCCCCCCCCCCCCCCC. The fraction of sp³-hybridized carbons (Fsp3) is 0.897. The minimum absolute atomic E-state index is 0.374. The molecule has 0 aliphatic heterocycles. The highest BCUT2D eigenvalue weighted by atomic mass is 16.3. The van der Waals surface area contributed by atoms with Crippen LogP contribution in [0.2, 0.25) is 0 Å². The fourth-order valence-electron chi connectivity index (χ4n) is 10.6. The monoisotopic (exact) mass is 1030 g/mol. The van der Waals surface area contributed by atoms with Crippen molar-refractivity contribution >= 4 is 5.91 Å². The molecule has 3 atom stereocenters. The zero-order valence-electron chi connectivity index (χ0n) is 49.5. The van der Waals surface area contributed by atoms with E-state index in [1.54, 1.807) is 6.08 Å². The number of nitrogens with one attached hydrogen (secondary N) is 1. The summed E-state index contributed by atoms with van der Waals surface area (Å²) in [5, 5.41) is 33.4. The van der Waals surface area contributed by atoms with Gasteiger partial charge in [0, 0.05) is 0 Å². The lowest BCUT2D eigenvalue weighted by Crippen LogP contribution is -2.48. The molecule has 0 bridgehead atoms. The van der Waals surface area contributed by atoms with E-state index < -0.39 is 24.2 Å². The van der Waals surface area contributed by atoms with E-state index in [1.165, 1.54) is 308 Å². The highest BCUT2D eigenvalue weighted by molar-refractivity contribution is 5.80. The molecule has 432 valence electrons. The highest BCUT2D eigenvalue weighted by Gasteiger charge is 2.22. The van der Waals surface area contributed by atoms with Crippen molar-refractivity contribution < 1.29 is 20.1 Å². The third-order valence-electron chi connectivity index (χ3n) is 15.7. The number of aliphatic hydroxyl groups excluding tert-OH is 3. The Labute approximate surface area is 457 Å². The summed E-state index contributed by atoms with van der Waals surface area (Å²) in [6.07, 6.45) is 84.3. The molecule has 0 saturated heterocycles. The molecule has 0 aliphatic rings. The predicted molar refractivity (Wildman–Crippen MR) is 324 cm³/mol. The van der Waals surface area contributed by atoms with Crippen LogP contribution in [-0.4, -0.2) is 46.1 Å². The summed E-state index contributed by atoms with van der Waals surface area (Å²) in [4.78, 5) is 12.6. The third kappa shape index (κ3) is 58.1. The van der Waals surface area contributed by atoms with Crippen LogP contribution in [0.5, 0.6) is 0 Å². The third-order valence-corrected chi connectivity index (χ3v) is 15.7. The molecule has 73 heavy (non-hydrogen) atoms. The minimum Gasteiger partial charge on any atom is -0.394 e. The van der Waals surface area contributed by atoms with Crippen molar-refractivity contribution in [3.63, 3.8) is 0 Å². The lowest BCUT2D eigenvalue weighted by atomic mass is 10.0. The Morgan fingerprint density at radius 3 is 0.836 bits per heavy atom. The van der Waals surface area contributed by atoms with Crippen molar-refractivity contribution in [3.05, 3.63) is 36.5 Å². The van der Waals surface area contributed by atoms with Gasteiger partial charge in [0.15, 0.2) is 0 Å². The van der Waals surface area contributed by atoms with Crippen molar-refractivity contribution in [2.75, 3.05) is 6.61 Å². The molecule has 3 unspecified atom stereocenters. The van der Waals surface area contributed by atoms with Gasteiger partial charge in [-0.2, -0.15) is 0 Å². The summed E-state index contributed by atoms with van der Waals surface area (Å²) in [5.41, 5.74) is 0. The Hall–Kier alpha value is -1.43. The first-order valence-corrected chi connectivity index (χ1v) is 33.3. The van der Waals surface area contributed by atoms with Gasteiger partial charge < -0.3 is 20.6 Å². The normalized spacial score (nSPS) is 13.3. The molecule has 0 aromatic heterocycles. The van der Waals surface area contributed by atoms with Crippen LogP contribution in [0.25, 0.3) is 0 Å². The number of carbonyl (C=O) groups is 1. The van der Waals surface area contributed by atoms with Crippen molar-refractivity contribution in [3.8, 4) is 0 Å². The Bertz CT molecular complexity index is 1130. The van der Waals surface area contributed by atoms with Gasteiger partial charge in [0.25, 0.3) is 0 Å². The van der Waals surface area contributed by atoms with E-state index in [0.717, 1.165) is 38.5 Å². The number of rotatable bonds is 62. The second-order valence-electron chi connectivity index (χ2n) is 23.0. The molecule has 0 saturated carbocycles. The molecular weight excluding hydrogens is 895 g/mol. The molecular formula is C68H131NO4. The van der Waals surface area contributed by atoms with Crippen molar-refractivity contribution in [1.29, 1.82) is 0 Å². The zero-order chi connectivity index (χ0) is 52.9. The smallest absolute Gasteiger partial charge is 0.249 e. The summed E-state index contributed by atoms with van der Waals surface area (Å²) in [5.74, 6) is -0.507. The maximum atomic E-state index is 12.6. The first-order chi connectivity index (χ1) is 36.1. The van der Waals surface area contributed by atoms with Gasteiger partial charge in [0.1, 0.15) is 6.10 Å². The molecule has 5 nitrogen and oxygen atoms in total. The molecule has 4 N–H and O–H groups in total. The van der Waals surface area contributed by atoms with Gasteiger partial charge in [-0.1, -0.05) is 346 Å². The van der Waals surface area contributed by atoms with E-state index in [0.29, 0.717) is 6.42 Å². The Morgan fingerprint density at radius 1 is 0.329 bits per heavy atom. The fourth-order valence-corrected chi connectivity index (χ4v) is 10.6. The van der Waals surface area contributed by atoms with Gasteiger partial charge in [0.2, 0.25) is 5.91 Å². The van der Waals surface area contributed by atoms with E-state index in [2.05, 4.69) is 43.5 Å². The van der Waals surface area contributed by atoms with Crippen LogP contribution >= 0.6 is 0 Å². The highest BCUT2D eigenvalue weighted by Crippen LogP contribution is 2.18. The van der Waals surface area contributed by atoms with Crippen LogP contribution < -0.4 is 5.32 Å². The second kappa shape index (κ2) is 63.1. The second-order valence-corrected chi connectivity index (χ2v) is 23.0. The molecule has 0 heterocycles. The molecule has 0 aromatic rings. The molecule has 0 rings (SSSR count). The van der Waals surface area contributed by atoms with Gasteiger partial charge in [-0.3, -0.25) is 4.79 Å². The van der Waals surface area contributed by atoms with Crippen LogP contribution in [0, 0.1) is 0 Å². The number of carbonyl (C=O) groups excluding carboxylic acids is 1. The topological polar surface area (TPSA) is 89.8 Å². The van der Waals surface area contributed by atoms with Gasteiger partial charge in [-0.15, -0.1) is 0 Å². The van der Waals surface area contributed by atoms with Crippen LogP contribution in [-0.2, 0) is 4.79 Å². The van der Waals surface area contributed by atoms with Gasteiger partial charge in [0.05, 0.1) is 18.8 Å². The van der Waals surface area contributed by atoms with E-state index in [9.17, 15) is 20.1 Å². The van der Waals surface area contributed by atoms with Gasteiger partial charge in [-0.25, -0.2) is 0 Å². The molecule has 0 aliphatic carbocycles. The van der Waals surface area contributed by atoms with E-state index >= 15 is 0 Å². The predicted octanol–water partition coefficient (Wildman–Crippen LogP) is 21.3. The van der Waals surface area contributed by atoms with Crippen LogP contribution in [0.1, 0.15) is 367 Å². The number of allylic oxidation sites excluding steroid dienone is 5. The number of hydrogen-bond acceptors (Lipinski definition) is 4. The standard InChI is InChI=1S/C68H131NO4/c1-3-5-7-9-11-13-15-17-19-21-23-25-26-27-28-29-30-31-32-33-34-35-36-37-38-39-40-41-43-45-47-49-51-53-55-57-59-61-63-67(72)68(73)69-65(64-70)66(71)62-60-58-56-54-52-50-48-46-44-42-24-22-20-18-16-14-12-10-8-6-4-2/h33-34,52,54,60,62,65-67,70-72H,3-32,35-51,53,55-59,61,63-64H2,1-2H3,(H,69,73)/b34-33-,54-52+,62-60+. The van der Waals surface area contributed by atoms with Crippen LogP contribution in [0.3, 0.4) is 0 Å². The number of hydrogen-bond donors (Lipinski definition) is 4. The first kappa shape index (κ1) is 71.6. The van der Waals surface area contributed by atoms with Crippen LogP contribution in [0.15, 0.2) is 36.5 Å². The Kier molecular flexibility index (Phi) is 61.9. The van der Waals surface area contributed by atoms with Gasteiger partial charge in [-0.05, 0) is 57.8 Å². The first-order valence-electron chi connectivity index (χ1n) is 33.3. The molecule has 0 aromatic carbocycles. The average Bonchev–Trinajstić information content (AvgIpc) is 3.40. The van der Waals surface area contributed by atoms with Gasteiger partial charge >= 0.3 is 0 Å². The maximum absolute atomic E-state index is 12.6. The maximum Gasteiger partial charge on any atom is 0.249 e. The van der Waals surface area contributed by atoms with E-state index in [-0.39, 0.29) is 6.61 Å². The Balaban J connectivity index is 3.50. The molecule has 0 fully saturated rings. The lowest BCUT2D eigenvalue weighted by Gasteiger charge is -2.21. The molecule has 1 amide bonds.